The number of ether oxygens (including phenoxy) is 2. The molecule has 1 saturated heterocycles. The van der Waals surface area contributed by atoms with Gasteiger partial charge in [0.1, 0.15) is 18.7 Å². The third kappa shape index (κ3) is 4.51. The van der Waals surface area contributed by atoms with Crippen molar-refractivity contribution in [3.8, 4) is 0 Å². The Morgan fingerprint density at radius 3 is 2.92 bits per heavy atom. The van der Waals surface area contributed by atoms with Crippen LogP contribution in [0, 0.1) is 6.92 Å². The van der Waals surface area contributed by atoms with Gasteiger partial charge >= 0.3 is 5.97 Å². The van der Waals surface area contributed by atoms with Gasteiger partial charge in [-0.3, -0.25) is 4.98 Å². The van der Waals surface area contributed by atoms with Crippen molar-refractivity contribution in [2.75, 3.05) is 51.3 Å². The summed E-state index contributed by atoms with van der Waals surface area (Å²) < 4.78 is 10.6. The van der Waals surface area contributed by atoms with E-state index in [2.05, 4.69) is 16.4 Å². The number of morpholine rings is 1. The first-order valence-electron chi connectivity index (χ1n) is 9.40. The number of fused-ring (bicyclic) bond motifs is 1. The second-order valence-electron chi connectivity index (χ2n) is 6.68. The van der Waals surface area contributed by atoms with Crippen LogP contribution in [0.25, 0.3) is 10.9 Å². The number of carbonyl (C=O) groups excluding carboxylic acids is 1. The third-order valence-corrected chi connectivity index (χ3v) is 4.73. The molecule has 26 heavy (non-hydrogen) atoms. The van der Waals surface area contributed by atoms with Crippen LogP contribution in [0.1, 0.15) is 29.3 Å². The number of nitrogens with one attached hydrogen (secondary N) is 2. The van der Waals surface area contributed by atoms with Gasteiger partial charge in [0.25, 0.3) is 0 Å². The van der Waals surface area contributed by atoms with Crippen molar-refractivity contribution in [3.05, 3.63) is 35.5 Å². The number of esters is 1. The van der Waals surface area contributed by atoms with E-state index in [0.717, 1.165) is 68.0 Å². The first-order valence-corrected chi connectivity index (χ1v) is 9.40. The van der Waals surface area contributed by atoms with Crippen LogP contribution in [-0.4, -0.2) is 57.0 Å². The minimum absolute atomic E-state index is 0.329. The molecule has 140 valence electrons. The van der Waals surface area contributed by atoms with Crippen molar-refractivity contribution in [1.29, 1.82) is 0 Å². The van der Waals surface area contributed by atoms with Crippen molar-refractivity contribution < 1.29 is 19.2 Å². The fourth-order valence-corrected chi connectivity index (χ4v) is 3.32. The first kappa shape index (κ1) is 18.6. The SMILES string of the molecule is CCOC(=O)c1cnc2ccc(C)cc2c1NCCC[NH+]1CCOCC1. The summed E-state index contributed by atoms with van der Waals surface area (Å²) >= 11 is 0. The molecule has 0 spiro atoms. The maximum Gasteiger partial charge on any atom is 0.341 e. The molecule has 2 N–H and O–H groups in total. The average molecular weight is 358 g/mol. The number of carbonyl (C=O) groups is 1. The highest BCUT2D eigenvalue weighted by atomic mass is 16.5. The van der Waals surface area contributed by atoms with E-state index in [1.165, 1.54) is 0 Å². The number of anilines is 1. The molecule has 3 rings (SSSR count). The van der Waals surface area contributed by atoms with Crippen molar-refractivity contribution >= 4 is 22.6 Å². The zero-order valence-electron chi connectivity index (χ0n) is 15.6. The molecular weight excluding hydrogens is 330 g/mol. The second kappa shape index (κ2) is 8.96. The van der Waals surface area contributed by atoms with Crippen LogP contribution in [0.15, 0.2) is 24.4 Å². The van der Waals surface area contributed by atoms with E-state index >= 15 is 0 Å². The van der Waals surface area contributed by atoms with Crippen molar-refractivity contribution in [1.82, 2.24) is 4.98 Å². The highest BCUT2D eigenvalue weighted by Gasteiger charge is 2.17. The number of aryl methyl sites for hydroxylation is 1. The summed E-state index contributed by atoms with van der Waals surface area (Å²) in [6.07, 6.45) is 2.65. The Labute approximate surface area is 154 Å². The topological polar surface area (TPSA) is 64.9 Å². The standard InChI is InChI=1S/C20H27N3O3/c1-3-26-20(24)17-14-22-18-6-5-15(2)13-16(18)19(17)21-7-4-8-23-9-11-25-12-10-23/h5-6,13-14H,3-4,7-12H2,1-2H3,(H,21,22)/p+1. The van der Waals surface area contributed by atoms with E-state index in [1.54, 1.807) is 11.1 Å². The maximum atomic E-state index is 12.4. The van der Waals surface area contributed by atoms with Crippen molar-refractivity contribution in [2.24, 2.45) is 0 Å². The van der Waals surface area contributed by atoms with Crippen LogP contribution in [0.5, 0.6) is 0 Å². The summed E-state index contributed by atoms with van der Waals surface area (Å²) in [6.45, 7) is 9.98. The Morgan fingerprint density at radius 2 is 2.15 bits per heavy atom. The van der Waals surface area contributed by atoms with E-state index in [1.807, 2.05) is 26.0 Å². The molecular formula is C20H28N3O3+. The minimum Gasteiger partial charge on any atom is -0.462 e. The summed E-state index contributed by atoms with van der Waals surface area (Å²) in [4.78, 5) is 18.4. The predicted octanol–water partition coefficient (Wildman–Crippen LogP) is 1.44. The van der Waals surface area contributed by atoms with Gasteiger partial charge in [-0.1, -0.05) is 11.6 Å². The van der Waals surface area contributed by atoms with Gasteiger partial charge in [-0.2, -0.15) is 0 Å². The highest BCUT2D eigenvalue weighted by molar-refractivity contribution is 6.05. The molecule has 1 aromatic carbocycles. The fraction of sp³-hybridized carbons (Fsp3) is 0.500. The Morgan fingerprint density at radius 1 is 1.35 bits per heavy atom. The lowest BCUT2D eigenvalue weighted by Crippen LogP contribution is -3.14. The van der Waals surface area contributed by atoms with E-state index in [9.17, 15) is 4.79 Å². The van der Waals surface area contributed by atoms with Gasteiger partial charge in [0, 0.05) is 24.5 Å². The van der Waals surface area contributed by atoms with Gasteiger partial charge in [0.05, 0.1) is 37.6 Å². The number of pyridine rings is 1. The van der Waals surface area contributed by atoms with Crippen LogP contribution in [0.3, 0.4) is 0 Å². The molecule has 2 heterocycles. The Bertz CT molecular complexity index is 757. The molecule has 0 unspecified atom stereocenters. The molecule has 0 amide bonds. The van der Waals surface area contributed by atoms with Crippen LogP contribution >= 0.6 is 0 Å². The number of nitrogens with zero attached hydrogens (tertiary/aromatic N) is 1. The molecule has 1 aromatic heterocycles. The maximum absolute atomic E-state index is 12.4. The van der Waals surface area contributed by atoms with Crippen LogP contribution in [0.4, 0.5) is 5.69 Å². The normalized spacial score (nSPS) is 15.2. The number of aromatic nitrogens is 1. The molecule has 0 radical (unpaired) electrons. The Balaban J connectivity index is 1.75. The van der Waals surface area contributed by atoms with E-state index in [4.69, 9.17) is 9.47 Å². The van der Waals surface area contributed by atoms with E-state index < -0.39 is 0 Å². The fourth-order valence-electron chi connectivity index (χ4n) is 3.32. The Kier molecular flexibility index (Phi) is 6.41. The van der Waals surface area contributed by atoms with Crippen molar-refractivity contribution in [3.63, 3.8) is 0 Å². The minimum atomic E-state index is -0.329. The summed E-state index contributed by atoms with van der Waals surface area (Å²) in [5, 5.41) is 4.44. The van der Waals surface area contributed by atoms with Crippen LogP contribution in [0.2, 0.25) is 0 Å². The lowest BCUT2D eigenvalue weighted by Gasteiger charge is -2.23. The smallest absolute Gasteiger partial charge is 0.341 e. The highest BCUT2D eigenvalue weighted by Crippen LogP contribution is 2.27. The first-order chi connectivity index (χ1) is 12.7. The van der Waals surface area contributed by atoms with Gasteiger partial charge in [0.2, 0.25) is 0 Å². The summed E-state index contributed by atoms with van der Waals surface area (Å²) in [5.74, 6) is -0.329. The van der Waals surface area contributed by atoms with Gasteiger partial charge in [-0.15, -0.1) is 0 Å². The monoisotopic (exact) mass is 358 g/mol. The summed E-state index contributed by atoms with van der Waals surface area (Å²) in [5.41, 5.74) is 3.35. The molecule has 0 aliphatic carbocycles. The molecule has 0 saturated carbocycles. The van der Waals surface area contributed by atoms with Crippen LogP contribution < -0.4 is 10.2 Å². The van der Waals surface area contributed by atoms with Crippen molar-refractivity contribution in [2.45, 2.75) is 20.3 Å². The quantitative estimate of drug-likeness (QED) is 0.579. The lowest BCUT2D eigenvalue weighted by molar-refractivity contribution is -0.908. The predicted molar refractivity (Wildman–Crippen MR) is 102 cm³/mol. The zero-order valence-corrected chi connectivity index (χ0v) is 15.6. The van der Waals surface area contributed by atoms with E-state index in [-0.39, 0.29) is 5.97 Å². The van der Waals surface area contributed by atoms with E-state index in [0.29, 0.717) is 12.2 Å². The number of rotatable bonds is 7. The number of benzene rings is 1. The molecule has 6 heteroatoms. The Hall–Kier alpha value is -2.18. The molecule has 1 aliphatic rings. The zero-order chi connectivity index (χ0) is 18.4. The summed E-state index contributed by atoms with van der Waals surface area (Å²) in [6, 6.07) is 6.09. The number of hydrogen-bond acceptors (Lipinski definition) is 5. The molecule has 0 bridgehead atoms. The second-order valence-corrected chi connectivity index (χ2v) is 6.68. The molecule has 1 aliphatic heterocycles. The van der Waals surface area contributed by atoms with Gasteiger partial charge < -0.3 is 19.7 Å². The largest absolute Gasteiger partial charge is 0.462 e. The summed E-state index contributed by atoms with van der Waals surface area (Å²) in [7, 11) is 0. The average Bonchev–Trinajstić information content (AvgIpc) is 2.66. The molecule has 6 nitrogen and oxygen atoms in total. The van der Waals surface area contributed by atoms with Gasteiger partial charge in [0.15, 0.2) is 0 Å². The number of quaternary nitrogens is 1. The molecule has 0 atom stereocenters. The van der Waals surface area contributed by atoms with Crippen LogP contribution in [-0.2, 0) is 9.47 Å². The molecule has 1 fully saturated rings. The molecule has 2 aromatic rings. The third-order valence-electron chi connectivity index (χ3n) is 4.73. The lowest BCUT2D eigenvalue weighted by atomic mass is 10.1. The van der Waals surface area contributed by atoms with Gasteiger partial charge in [-0.25, -0.2) is 4.79 Å². The van der Waals surface area contributed by atoms with Gasteiger partial charge in [-0.05, 0) is 26.0 Å². The number of hydrogen-bond donors (Lipinski definition) is 2.